The van der Waals surface area contributed by atoms with Gasteiger partial charge >= 0.3 is 0 Å². The molecule has 1 rings (SSSR count). The SMILES string of the molecule is CCCCCCCCCCCCC(C=O)N1CCNCC1. The number of piperazine rings is 1. The van der Waals surface area contributed by atoms with Crippen LogP contribution in [-0.4, -0.2) is 43.4 Å². The number of aldehydes is 1. The molecule has 0 aliphatic carbocycles. The number of nitrogens with one attached hydrogen (secondary N) is 1. The second kappa shape index (κ2) is 13.3. The summed E-state index contributed by atoms with van der Waals surface area (Å²) < 4.78 is 0. The molecule has 124 valence electrons. The first-order valence-electron chi connectivity index (χ1n) is 9.28. The standard InChI is InChI=1S/C18H36N2O/c1-2-3-4-5-6-7-8-9-10-11-12-18(17-21)20-15-13-19-14-16-20/h17-19H,2-16H2,1H3. The van der Waals surface area contributed by atoms with Gasteiger partial charge in [0, 0.05) is 26.2 Å². The van der Waals surface area contributed by atoms with E-state index in [0.717, 1.165) is 32.6 Å². The Morgan fingerprint density at radius 1 is 0.905 bits per heavy atom. The molecule has 1 heterocycles. The molecule has 1 saturated heterocycles. The van der Waals surface area contributed by atoms with Crippen LogP contribution in [0, 0.1) is 0 Å². The number of unbranched alkanes of at least 4 members (excludes halogenated alkanes) is 9. The highest BCUT2D eigenvalue weighted by Gasteiger charge is 2.18. The summed E-state index contributed by atoms with van der Waals surface area (Å²) in [6, 6.07) is 0.168. The molecule has 3 heteroatoms. The molecule has 1 fully saturated rings. The molecule has 1 aliphatic rings. The van der Waals surface area contributed by atoms with E-state index in [1.165, 1.54) is 70.5 Å². The van der Waals surface area contributed by atoms with Crippen molar-refractivity contribution < 1.29 is 4.79 Å². The maximum atomic E-state index is 11.2. The van der Waals surface area contributed by atoms with Gasteiger partial charge in [0.15, 0.2) is 0 Å². The van der Waals surface area contributed by atoms with Crippen molar-refractivity contribution in [3.05, 3.63) is 0 Å². The van der Waals surface area contributed by atoms with Crippen LogP contribution in [0.4, 0.5) is 0 Å². The minimum Gasteiger partial charge on any atom is -0.314 e. The second-order valence-corrected chi connectivity index (χ2v) is 6.46. The molecular weight excluding hydrogens is 260 g/mol. The van der Waals surface area contributed by atoms with Gasteiger partial charge in [0.1, 0.15) is 6.29 Å². The molecule has 1 aliphatic heterocycles. The van der Waals surface area contributed by atoms with Crippen molar-refractivity contribution >= 4 is 6.29 Å². The summed E-state index contributed by atoms with van der Waals surface area (Å²) in [4.78, 5) is 13.6. The summed E-state index contributed by atoms with van der Waals surface area (Å²) in [5.74, 6) is 0. The van der Waals surface area contributed by atoms with Gasteiger partial charge in [-0.05, 0) is 6.42 Å². The molecule has 0 radical (unpaired) electrons. The Bertz CT molecular complexity index is 239. The zero-order valence-electron chi connectivity index (χ0n) is 14.1. The molecule has 21 heavy (non-hydrogen) atoms. The average Bonchev–Trinajstić information content (AvgIpc) is 2.54. The predicted molar refractivity (Wildman–Crippen MR) is 90.8 cm³/mol. The van der Waals surface area contributed by atoms with Crippen LogP contribution in [-0.2, 0) is 4.79 Å². The highest BCUT2D eigenvalue weighted by molar-refractivity contribution is 5.57. The summed E-state index contributed by atoms with van der Waals surface area (Å²) in [6.45, 7) is 6.39. The zero-order valence-corrected chi connectivity index (χ0v) is 14.1. The third kappa shape index (κ3) is 9.26. The third-order valence-corrected chi connectivity index (χ3v) is 4.63. The van der Waals surface area contributed by atoms with Gasteiger partial charge in [-0.3, -0.25) is 4.90 Å². The zero-order chi connectivity index (χ0) is 15.2. The lowest BCUT2D eigenvalue weighted by atomic mass is 10.0. The lowest BCUT2D eigenvalue weighted by Crippen LogP contribution is -2.49. The topological polar surface area (TPSA) is 32.3 Å². The van der Waals surface area contributed by atoms with Crippen molar-refractivity contribution in [3.63, 3.8) is 0 Å². The molecule has 0 aromatic rings. The van der Waals surface area contributed by atoms with E-state index < -0.39 is 0 Å². The fraction of sp³-hybridized carbons (Fsp3) is 0.944. The number of hydrogen-bond acceptors (Lipinski definition) is 3. The van der Waals surface area contributed by atoms with Gasteiger partial charge in [-0.15, -0.1) is 0 Å². The molecule has 0 saturated carbocycles. The first-order chi connectivity index (χ1) is 10.4. The van der Waals surface area contributed by atoms with E-state index in [9.17, 15) is 4.79 Å². The van der Waals surface area contributed by atoms with Crippen molar-refractivity contribution in [2.45, 2.75) is 83.6 Å². The molecule has 3 nitrogen and oxygen atoms in total. The number of rotatable bonds is 13. The van der Waals surface area contributed by atoms with Gasteiger partial charge in [-0.1, -0.05) is 71.1 Å². The molecule has 1 N–H and O–H groups in total. The van der Waals surface area contributed by atoms with Crippen LogP contribution in [0.1, 0.15) is 77.6 Å². The normalized spacial score (nSPS) is 17.8. The van der Waals surface area contributed by atoms with E-state index in [4.69, 9.17) is 0 Å². The minimum absolute atomic E-state index is 0.168. The van der Waals surface area contributed by atoms with Crippen LogP contribution in [0.15, 0.2) is 0 Å². The fourth-order valence-electron chi connectivity index (χ4n) is 3.19. The molecule has 0 aromatic heterocycles. The maximum absolute atomic E-state index is 11.2. The second-order valence-electron chi connectivity index (χ2n) is 6.46. The molecule has 0 bridgehead atoms. The van der Waals surface area contributed by atoms with E-state index in [-0.39, 0.29) is 6.04 Å². The Kier molecular flexibility index (Phi) is 11.8. The van der Waals surface area contributed by atoms with Gasteiger partial charge in [0.25, 0.3) is 0 Å². The van der Waals surface area contributed by atoms with Crippen molar-refractivity contribution in [2.75, 3.05) is 26.2 Å². The van der Waals surface area contributed by atoms with Crippen molar-refractivity contribution in [3.8, 4) is 0 Å². The Labute approximate surface area is 131 Å². The number of nitrogens with zero attached hydrogens (tertiary/aromatic N) is 1. The fourth-order valence-corrected chi connectivity index (χ4v) is 3.19. The minimum atomic E-state index is 0.168. The average molecular weight is 296 g/mol. The van der Waals surface area contributed by atoms with Gasteiger partial charge in [0.05, 0.1) is 6.04 Å². The van der Waals surface area contributed by atoms with Crippen molar-refractivity contribution in [1.29, 1.82) is 0 Å². The van der Waals surface area contributed by atoms with E-state index in [2.05, 4.69) is 17.1 Å². The Morgan fingerprint density at radius 3 is 1.95 bits per heavy atom. The largest absolute Gasteiger partial charge is 0.314 e. The van der Waals surface area contributed by atoms with Crippen LogP contribution in [0.2, 0.25) is 0 Å². The van der Waals surface area contributed by atoms with E-state index in [0.29, 0.717) is 0 Å². The van der Waals surface area contributed by atoms with Gasteiger partial charge in [0.2, 0.25) is 0 Å². The summed E-state index contributed by atoms with van der Waals surface area (Å²) in [7, 11) is 0. The summed E-state index contributed by atoms with van der Waals surface area (Å²) in [5, 5.41) is 3.34. The summed E-state index contributed by atoms with van der Waals surface area (Å²) in [6.07, 6.45) is 15.9. The van der Waals surface area contributed by atoms with E-state index in [1.807, 2.05) is 0 Å². The Morgan fingerprint density at radius 2 is 1.43 bits per heavy atom. The molecule has 0 aromatic carbocycles. The van der Waals surface area contributed by atoms with Gasteiger partial charge < -0.3 is 10.1 Å². The molecule has 0 amide bonds. The van der Waals surface area contributed by atoms with Gasteiger partial charge in [-0.25, -0.2) is 0 Å². The van der Waals surface area contributed by atoms with Gasteiger partial charge in [-0.2, -0.15) is 0 Å². The van der Waals surface area contributed by atoms with Crippen LogP contribution in [0.3, 0.4) is 0 Å². The molecule has 0 spiro atoms. The van der Waals surface area contributed by atoms with Crippen LogP contribution in [0.5, 0.6) is 0 Å². The van der Waals surface area contributed by atoms with E-state index in [1.54, 1.807) is 0 Å². The molecule has 1 unspecified atom stereocenters. The highest BCUT2D eigenvalue weighted by Crippen LogP contribution is 2.13. The van der Waals surface area contributed by atoms with Crippen molar-refractivity contribution in [1.82, 2.24) is 10.2 Å². The summed E-state index contributed by atoms with van der Waals surface area (Å²) >= 11 is 0. The quantitative estimate of drug-likeness (QED) is 0.415. The number of carbonyl (C=O) groups excluding carboxylic acids is 1. The lowest BCUT2D eigenvalue weighted by Gasteiger charge is -2.31. The predicted octanol–water partition coefficient (Wildman–Crippen LogP) is 3.77. The number of carbonyl (C=O) groups is 1. The first-order valence-corrected chi connectivity index (χ1v) is 9.28. The molecule has 1 atom stereocenters. The molecular formula is C18H36N2O. The van der Waals surface area contributed by atoms with Crippen LogP contribution in [0.25, 0.3) is 0 Å². The van der Waals surface area contributed by atoms with Crippen LogP contribution >= 0.6 is 0 Å². The Balaban J connectivity index is 1.91. The first kappa shape index (κ1) is 18.6. The third-order valence-electron chi connectivity index (χ3n) is 4.63. The smallest absolute Gasteiger partial charge is 0.137 e. The summed E-state index contributed by atoms with van der Waals surface area (Å²) in [5.41, 5.74) is 0. The van der Waals surface area contributed by atoms with Crippen molar-refractivity contribution in [2.24, 2.45) is 0 Å². The highest BCUT2D eigenvalue weighted by atomic mass is 16.1. The van der Waals surface area contributed by atoms with Crippen LogP contribution < -0.4 is 5.32 Å². The number of hydrogen-bond donors (Lipinski definition) is 1. The lowest BCUT2D eigenvalue weighted by molar-refractivity contribution is -0.112. The van der Waals surface area contributed by atoms with E-state index >= 15 is 0 Å². The monoisotopic (exact) mass is 296 g/mol. The Hall–Kier alpha value is -0.410. The maximum Gasteiger partial charge on any atom is 0.137 e.